The first-order chi connectivity index (χ1) is 28.1. The largest absolute Gasteiger partial charge is 2.00 e. The standard InChI is InChI=1S/C46H38N8O4.Mn/c1-51-23-24-52(2)43(51)41-35-19-15-31(47-35)39(27-7-11-29(12-8-27)45(55)57-5)33-17-21-37(49-33)42(44-53(3)25-26-54(44)4)38-22-18-34(50-38)40(32-16-20-36(41)48-32)28-9-13-30(14-10-28)46(56)58-6;/h7-26H,1-6H3;/q;+2. The molecule has 0 spiro atoms. The SMILES string of the molecule is COC(=O)c1ccc(-c2c3nc(c(-c4n(C)cc[n+]4C)c4ccc([n-]4)c(-c4ccc(C(=O)OC)cc4)c4nc(c(-c5n(C)cc[n+]5C)c5ccc2[n-]5)C=C4)C=C3)cc1.[Mn+2]. The average molecular weight is 822 g/mol. The van der Waals surface area contributed by atoms with E-state index in [9.17, 15) is 9.59 Å². The molecule has 7 heterocycles. The van der Waals surface area contributed by atoms with Crippen LogP contribution in [0.5, 0.6) is 0 Å². The molecule has 2 aromatic carbocycles. The topological polar surface area (TPSA) is 124 Å². The number of carbonyl (C=O) groups is 2. The van der Waals surface area contributed by atoms with Crippen LogP contribution in [0.2, 0.25) is 0 Å². The molecule has 5 aromatic heterocycles. The molecule has 0 saturated carbocycles. The third kappa shape index (κ3) is 6.69. The molecule has 0 fully saturated rings. The van der Waals surface area contributed by atoms with Gasteiger partial charge in [0.15, 0.2) is 0 Å². The van der Waals surface area contributed by atoms with Gasteiger partial charge in [-0.1, -0.05) is 48.5 Å². The molecule has 0 unspecified atom stereocenters. The molecule has 9 rings (SSSR count). The van der Waals surface area contributed by atoms with Gasteiger partial charge in [-0.2, -0.15) is 0 Å². The Hall–Kier alpha value is -7.08. The molecule has 7 aromatic rings. The van der Waals surface area contributed by atoms with Crippen molar-refractivity contribution in [1.82, 2.24) is 29.1 Å². The number of rotatable bonds is 6. The zero-order valence-corrected chi connectivity index (χ0v) is 34.3. The second-order valence-corrected chi connectivity index (χ2v) is 14.2. The van der Waals surface area contributed by atoms with Crippen LogP contribution < -0.4 is 19.1 Å². The Morgan fingerprint density at radius 3 is 1.15 bits per heavy atom. The predicted octanol–water partition coefficient (Wildman–Crippen LogP) is 6.48. The van der Waals surface area contributed by atoms with Crippen LogP contribution in [0, 0.1) is 0 Å². The minimum absolute atomic E-state index is 0. The van der Waals surface area contributed by atoms with E-state index in [1.807, 2.05) is 126 Å². The number of methoxy groups -OCH3 is 2. The summed E-state index contributed by atoms with van der Waals surface area (Å²) in [7, 11) is 10.8. The predicted molar refractivity (Wildman–Crippen MR) is 222 cm³/mol. The molecular weight excluding hydrogens is 783 g/mol. The molecule has 13 heteroatoms. The Kier molecular flexibility index (Phi) is 10.1. The van der Waals surface area contributed by atoms with Crippen LogP contribution in [-0.4, -0.2) is 45.3 Å². The molecular formula is C46H38MnN8O4+2. The van der Waals surface area contributed by atoms with Crippen molar-refractivity contribution >= 4 is 58.3 Å². The van der Waals surface area contributed by atoms with Gasteiger partial charge in [0.2, 0.25) is 0 Å². The summed E-state index contributed by atoms with van der Waals surface area (Å²) in [6, 6.07) is 22.7. The monoisotopic (exact) mass is 821 g/mol. The minimum Gasteiger partial charge on any atom is -0.656 e. The number of hydrogen-bond acceptors (Lipinski definition) is 6. The molecule has 59 heavy (non-hydrogen) atoms. The van der Waals surface area contributed by atoms with E-state index in [2.05, 4.69) is 18.3 Å². The fourth-order valence-electron chi connectivity index (χ4n) is 7.80. The molecule has 0 atom stereocenters. The number of ether oxygens (including phenoxy) is 2. The van der Waals surface area contributed by atoms with Gasteiger partial charge in [-0.25, -0.2) is 37.8 Å². The summed E-state index contributed by atoms with van der Waals surface area (Å²) in [5, 5.41) is 0. The summed E-state index contributed by atoms with van der Waals surface area (Å²) in [6.07, 6.45) is 16.0. The number of benzene rings is 2. The second kappa shape index (κ2) is 15.4. The normalized spacial score (nSPS) is 11.8. The van der Waals surface area contributed by atoms with Crippen molar-refractivity contribution < 1.29 is 45.3 Å². The van der Waals surface area contributed by atoms with Gasteiger partial charge in [-0.3, -0.25) is 0 Å². The smallest absolute Gasteiger partial charge is 0.656 e. The van der Waals surface area contributed by atoms with Gasteiger partial charge in [0.05, 0.1) is 87.4 Å². The van der Waals surface area contributed by atoms with Gasteiger partial charge < -0.3 is 19.4 Å². The van der Waals surface area contributed by atoms with Gasteiger partial charge in [-0.15, -0.1) is 22.1 Å². The molecule has 0 amide bonds. The van der Waals surface area contributed by atoms with Gasteiger partial charge >= 0.3 is 29.0 Å². The Labute approximate surface area is 350 Å². The van der Waals surface area contributed by atoms with E-state index < -0.39 is 11.9 Å². The quantitative estimate of drug-likeness (QED) is 0.106. The molecule has 8 bridgehead atoms. The first kappa shape index (κ1) is 38.8. The van der Waals surface area contributed by atoms with Crippen LogP contribution in [0.3, 0.4) is 0 Å². The second-order valence-electron chi connectivity index (χ2n) is 14.2. The number of hydrogen-bond donors (Lipinski definition) is 0. The van der Waals surface area contributed by atoms with Crippen molar-refractivity contribution in [3.63, 3.8) is 0 Å². The zero-order chi connectivity index (χ0) is 40.2. The van der Waals surface area contributed by atoms with Crippen molar-refractivity contribution in [2.75, 3.05) is 14.2 Å². The molecule has 0 saturated heterocycles. The van der Waals surface area contributed by atoms with Crippen molar-refractivity contribution in [2.45, 2.75) is 0 Å². The molecule has 0 aliphatic carbocycles. The number of carbonyl (C=O) groups excluding carboxylic acids is 2. The summed E-state index contributed by atoms with van der Waals surface area (Å²) in [6.45, 7) is 0. The summed E-state index contributed by atoms with van der Waals surface area (Å²) in [4.78, 5) is 46.2. The van der Waals surface area contributed by atoms with Gasteiger partial charge in [-0.05, 0) is 70.8 Å². The van der Waals surface area contributed by atoms with E-state index in [0.29, 0.717) is 33.5 Å². The molecule has 0 N–H and O–H groups in total. The van der Waals surface area contributed by atoms with E-state index in [1.165, 1.54) is 14.2 Å². The van der Waals surface area contributed by atoms with Crippen LogP contribution in [0.4, 0.5) is 0 Å². The number of nitrogens with zero attached hydrogens (tertiary/aromatic N) is 8. The average Bonchev–Trinajstić information content (AvgIpc) is 4.12. The van der Waals surface area contributed by atoms with Crippen molar-refractivity contribution in [1.29, 1.82) is 0 Å². The van der Waals surface area contributed by atoms with Crippen molar-refractivity contribution in [3.05, 3.63) is 131 Å². The van der Waals surface area contributed by atoms with Crippen LogP contribution in [0.15, 0.2) is 97.6 Å². The summed E-state index contributed by atoms with van der Waals surface area (Å²) in [5.74, 6) is 0.979. The summed E-state index contributed by atoms with van der Waals surface area (Å²) in [5.41, 5.74) is 11.5. The van der Waals surface area contributed by atoms with Crippen molar-refractivity contribution in [3.8, 4) is 45.0 Å². The third-order valence-corrected chi connectivity index (χ3v) is 10.6. The number of aryl methyl sites for hydroxylation is 4. The van der Waals surface area contributed by atoms with Gasteiger partial charge in [0.25, 0.3) is 11.6 Å². The Morgan fingerprint density at radius 1 is 0.525 bits per heavy atom. The molecule has 291 valence electrons. The summed E-state index contributed by atoms with van der Waals surface area (Å²) < 4.78 is 18.2. The Bertz CT molecular complexity index is 2810. The number of imidazole rings is 2. The Balaban J connectivity index is 0.00000484. The molecule has 1 radical (unpaired) electrons. The van der Waals surface area contributed by atoms with E-state index in [0.717, 1.165) is 67.5 Å². The van der Waals surface area contributed by atoms with Crippen molar-refractivity contribution in [2.24, 2.45) is 28.2 Å². The number of aromatic nitrogens is 8. The molecule has 2 aliphatic rings. The fourth-order valence-corrected chi connectivity index (χ4v) is 7.80. The van der Waals surface area contributed by atoms with Gasteiger partial charge in [0, 0.05) is 0 Å². The van der Waals surface area contributed by atoms with E-state index in [4.69, 9.17) is 29.4 Å². The van der Waals surface area contributed by atoms with Crippen LogP contribution in [0.1, 0.15) is 43.5 Å². The maximum atomic E-state index is 12.4. The number of esters is 2. The maximum absolute atomic E-state index is 12.4. The van der Waals surface area contributed by atoms with E-state index in [-0.39, 0.29) is 17.1 Å². The molecule has 12 nitrogen and oxygen atoms in total. The van der Waals surface area contributed by atoms with Crippen LogP contribution in [0.25, 0.3) is 91.4 Å². The Morgan fingerprint density at radius 2 is 0.847 bits per heavy atom. The molecule has 2 aliphatic heterocycles. The zero-order valence-electron chi connectivity index (χ0n) is 33.1. The number of fused-ring (bicyclic) bond motifs is 8. The first-order valence-corrected chi connectivity index (χ1v) is 18.6. The minimum atomic E-state index is -0.414. The van der Waals surface area contributed by atoms with Crippen LogP contribution in [-0.2, 0) is 54.7 Å². The maximum Gasteiger partial charge on any atom is 2.00 e. The van der Waals surface area contributed by atoms with E-state index in [1.54, 1.807) is 24.3 Å². The summed E-state index contributed by atoms with van der Waals surface area (Å²) >= 11 is 0. The van der Waals surface area contributed by atoms with E-state index >= 15 is 0 Å². The first-order valence-electron chi connectivity index (χ1n) is 18.6. The third-order valence-electron chi connectivity index (χ3n) is 10.6. The fraction of sp³-hybridized carbons (Fsp3) is 0.130. The van der Waals surface area contributed by atoms with Gasteiger partial charge in [0.1, 0.15) is 24.8 Å². The van der Waals surface area contributed by atoms with Crippen LogP contribution >= 0.6 is 0 Å².